The summed E-state index contributed by atoms with van der Waals surface area (Å²) < 4.78 is 5.35. The highest BCUT2D eigenvalue weighted by molar-refractivity contribution is 6.32. The van der Waals surface area contributed by atoms with Crippen molar-refractivity contribution in [2.45, 2.75) is 33.2 Å². The van der Waals surface area contributed by atoms with Gasteiger partial charge < -0.3 is 10.1 Å². The van der Waals surface area contributed by atoms with Crippen LogP contribution in [0.15, 0.2) is 23.8 Å². The van der Waals surface area contributed by atoms with Gasteiger partial charge in [-0.15, -0.1) is 0 Å². The first-order chi connectivity index (χ1) is 8.58. The van der Waals surface area contributed by atoms with Gasteiger partial charge in [0.25, 0.3) is 0 Å². The Bertz CT molecular complexity index is 413. The molecule has 0 aliphatic rings. The van der Waals surface area contributed by atoms with Gasteiger partial charge in [-0.25, -0.2) is 0 Å². The van der Waals surface area contributed by atoms with E-state index in [0.29, 0.717) is 6.04 Å². The van der Waals surface area contributed by atoms with Crippen molar-refractivity contribution in [1.29, 1.82) is 0 Å². The Balaban J connectivity index is 2.97. The number of rotatable bonds is 6. The number of methoxy groups -OCH3 is 1. The van der Waals surface area contributed by atoms with Crippen LogP contribution in [-0.2, 0) is 0 Å². The summed E-state index contributed by atoms with van der Waals surface area (Å²) in [6.45, 7) is 7.31. The smallest absolute Gasteiger partial charge is 0.127 e. The average molecular weight is 268 g/mol. The zero-order valence-electron chi connectivity index (χ0n) is 11.6. The van der Waals surface area contributed by atoms with Crippen LogP contribution in [-0.4, -0.2) is 19.7 Å². The second kappa shape index (κ2) is 7.45. The Labute approximate surface area is 115 Å². The minimum Gasteiger partial charge on any atom is -0.496 e. The van der Waals surface area contributed by atoms with Crippen molar-refractivity contribution in [1.82, 2.24) is 5.32 Å². The predicted octanol–water partition coefficient (Wildman–Crippen LogP) is 4.14. The van der Waals surface area contributed by atoms with Crippen LogP contribution in [0.4, 0.5) is 0 Å². The number of hydrogen-bond donors (Lipinski definition) is 1. The minimum atomic E-state index is 0.480. The van der Waals surface area contributed by atoms with Crippen molar-refractivity contribution in [2.75, 3.05) is 13.7 Å². The molecule has 0 radical (unpaired) electrons. The van der Waals surface area contributed by atoms with Crippen LogP contribution in [0.2, 0.25) is 5.02 Å². The summed E-state index contributed by atoms with van der Waals surface area (Å²) in [5.41, 5.74) is 2.28. The Morgan fingerprint density at radius 3 is 2.72 bits per heavy atom. The molecule has 1 aromatic carbocycles. The van der Waals surface area contributed by atoms with Gasteiger partial charge in [0, 0.05) is 18.2 Å². The second-order valence-corrected chi connectivity index (χ2v) is 4.95. The Kier molecular flexibility index (Phi) is 6.23. The van der Waals surface area contributed by atoms with Crippen molar-refractivity contribution in [2.24, 2.45) is 0 Å². The lowest BCUT2D eigenvalue weighted by Crippen LogP contribution is -2.24. The first-order valence-corrected chi connectivity index (χ1v) is 6.71. The largest absolute Gasteiger partial charge is 0.496 e. The van der Waals surface area contributed by atoms with Gasteiger partial charge in [-0.2, -0.15) is 0 Å². The molecule has 0 aliphatic heterocycles. The summed E-state index contributed by atoms with van der Waals surface area (Å²) in [5, 5.41) is 4.15. The molecule has 1 N–H and O–H groups in total. The Morgan fingerprint density at radius 1 is 1.44 bits per heavy atom. The molecule has 18 heavy (non-hydrogen) atoms. The molecule has 2 nitrogen and oxygen atoms in total. The van der Waals surface area contributed by atoms with E-state index in [2.05, 4.69) is 32.2 Å². The summed E-state index contributed by atoms with van der Waals surface area (Å²) >= 11 is 6.23. The lowest BCUT2D eigenvalue weighted by molar-refractivity contribution is 0.414. The predicted molar refractivity (Wildman–Crippen MR) is 79.4 cm³/mol. The zero-order valence-corrected chi connectivity index (χ0v) is 12.3. The van der Waals surface area contributed by atoms with Crippen LogP contribution < -0.4 is 10.1 Å². The first kappa shape index (κ1) is 15.1. The molecule has 3 heteroatoms. The molecule has 0 atom stereocenters. The van der Waals surface area contributed by atoms with E-state index >= 15 is 0 Å². The van der Waals surface area contributed by atoms with Gasteiger partial charge in [0.15, 0.2) is 0 Å². The maximum atomic E-state index is 6.23. The molecule has 1 aromatic rings. The molecule has 0 saturated carbocycles. The quantitative estimate of drug-likeness (QED) is 0.836. The van der Waals surface area contributed by atoms with Crippen LogP contribution in [0, 0.1) is 0 Å². The van der Waals surface area contributed by atoms with Crippen LogP contribution in [0.1, 0.15) is 32.8 Å². The second-order valence-electron chi connectivity index (χ2n) is 4.55. The summed E-state index contributed by atoms with van der Waals surface area (Å²) in [4.78, 5) is 0. The number of nitrogens with one attached hydrogen (secondary N) is 1. The maximum absolute atomic E-state index is 6.23. The molecule has 0 fully saturated rings. The number of hydrogen-bond acceptors (Lipinski definition) is 2. The van der Waals surface area contributed by atoms with Gasteiger partial charge >= 0.3 is 0 Å². The van der Waals surface area contributed by atoms with Crippen molar-refractivity contribution in [3.63, 3.8) is 0 Å². The van der Waals surface area contributed by atoms with Crippen molar-refractivity contribution >= 4 is 17.7 Å². The third-order valence-corrected chi connectivity index (χ3v) is 3.10. The lowest BCUT2D eigenvalue weighted by Gasteiger charge is -2.12. The number of halogens is 1. The van der Waals surface area contributed by atoms with E-state index in [0.717, 1.165) is 29.3 Å². The molecule has 0 heterocycles. The normalized spacial score (nSPS) is 12.0. The molecular weight excluding hydrogens is 246 g/mol. The molecular formula is C15H22ClNO. The highest BCUT2D eigenvalue weighted by Gasteiger charge is 2.06. The van der Waals surface area contributed by atoms with E-state index in [-0.39, 0.29) is 0 Å². The van der Waals surface area contributed by atoms with Gasteiger partial charge in [-0.05, 0) is 24.6 Å². The minimum absolute atomic E-state index is 0.480. The third-order valence-electron chi connectivity index (χ3n) is 2.77. The van der Waals surface area contributed by atoms with Gasteiger partial charge in [0.05, 0.1) is 12.1 Å². The van der Waals surface area contributed by atoms with Gasteiger partial charge in [-0.3, -0.25) is 0 Å². The number of benzene rings is 1. The molecule has 0 bridgehead atoms. The maximum Gasteiger partial charge on any atom is 0.127 e. The molecule has 0 amide bonds. The molecule has 100 valence electrons. The highest BCUT2D eigenvalue weighted by atomic mass is 35.5. The van der Waals surface area contributed by atoms with Gasteiger partial charge in [0.2, 0.25) is 0 Å². The fraction of sp³-hybridized carbons (Fsp3) is 0.467. The van der Waals surface area contributed by atoms with Gasteiger partial charge in [0.1, 0.15) is 5.75 Å². The number of ether oxygens (including phenoxy) is 1. The molecule has 1 rings (SSSR count). The summed E-state index contributed by atoms with van der Waals surface area (Å²) in [7, 11) is 1.67. The average Bonchev–Trinajstić information content (AvgIpc) is 2.35. The summed E-state index contributed by atoms with van der Waals surface area (Å²) in [6, 6.07) is 6.20. The van der Waals surface area contributed by atoms with Crippen LogP contribution >= 0.6 is 11.6 Å². The van der Waals surface area contributed by atoms with Crippen molar-refractivity contribution in [3.8, 4) is 5.75 Å². The Morgan fingerprint density at radius 2 is 2.17 bits per heavy atom. The van der Waals surface area contributed by atoms with E-state index in [4.69, 9.17) is 16.3 Å². The SMILES string of the molecule is CC/C(=C/c1c(Cl)cccc1OC)CNC(C)C. The third kappa shape index (κ3) is 4.35. The molecule has 0 unspecified atom stereocenters. The van der Waals surface area contributed by atoms with E-state index in [1.165, 1.54) is 5.57 Å². The summed E-state index contributed by atoms with van der Waals surface area (Å²) in [5.74, 6) is 0.818. The fourth-order valence-electron chi connectivity index (χ4n) is 1.65. The first-order valence-electron chi connectivity index (χ1n) is 6.33. The summed E-state index contributed by atoms with van der Waals surface area (Å²) in [6.07, 6.45) is 3.12. The highest BCUT2D eigenvalue weighted by Crippen LogP contribution is 2.28. The van der Waals surface area contributed by atoms with E-state index in [1.54, 1.807) is 7.11 Å². The zero-order chi connectivity index (χ0) is 13.5. The fourth-order valence-corrected chi connectivity index (χ4v) is 1.87. The van der Waals surface area contributed by atoms with Crippen LogP contribution in [0.3, 0.4) is 0 Å². The van der Waals surface area contributed by atoms with Crippen molar-refractivity contribution < 1.29 is 4.74 Å². The lowest BCUT2D eigenvalue weighted by atomic mass is 10.1. The molecule has 0 aromatic heterocycles. The van der Waals surface area contributed by atoms with E-state index in [9.17, 15) is 0 Å². The van der Waals surface area contributed by atoms with E-state index < -0.39 is 0 Å². The van der Waals surface area contributed by atoms with Crippen LogP contribution in [0.5, 0.6) is 5.75 Å². The monoisotopic (exact) mass is 267 g/mol. The Hall–Kier alpha value is -0.990. The molecule has 0 saturated heterocycles. The van der Waals surface area contributed by atoms with Crippen LogP contribution in [0.25, 0.3) is 6.08 Å². The topological polar surface area (TPSA) is 21.3 Å². The molecule has 0 aliphatic carbocycles. The van der Waals surface area contributed by atoms with E-state index in [1.807, 2.05) is 18.2 Å². The molecule has 0 spiro atoms. The van der Waals surface area contributed by atoms with Gasteiger partial charge in [-0.1, -0.05) is 44.0 Å². The standard InChI is InChI=1S/C15H22ClNO/c1-5-12(10-17-11(2)3)9-13-14(16)7-6-8-15(13)18-4/h6-9,11,17H,5,10H2,1-4H3/b12-9-. The van der Waals surface area contributed by atoms with Crippen molar-refractivity contribution in [3.05, 3.63) is 34.4 Å².